The van der Waals surface area contributed by atoms with Gasteiger partial charge in [0.05, 0.1) is 5.02 Å². The number of imidazole rings is 1. The minimum Gasteiger partial charge on any atom is -0.492 e. The molecule has 4 heterocycles. The van der Waals surface area contributed by atoms with Gasteiger partial charge >= 0.3 is 0 Å². The Bertz CT molecular complexity index is 789. The lowest BCUT2D eigenvalue weighted by Gasteiger charge is -2.12. The average molecular weight is 316 g/mol. The third-order valence-electron chi connectivity index (χ3n) is 3.87. The zero-order valence-electron chi connectivity index (χ0n) is 11.8. The molecule has 0 spiro atoms. The molecule has 1 fully saturated rings. The fourth-order valence-corrected chi connectivity index (χ4v) is 2.92. The first-order valence-electron chi connectivity index (χ1n) is 7.16. The van der Waals surface area contributed by atoms with Crippen LogP contribution in [0.15, 0.2) is 17.3 Å². The number of aromatic nitrogens is 3. The third-order valence-corrected chi connectivity index (χ3v) is 4.08. The van der Waals surface area contributed by atoms with Gasteiger partial charge in [-0.05, 0) is 25.0 Å². The number of allylic oxidation sites excluding steroid dienone is 1. The number of nitrogens with one attached hydrogen (secondary N) is 1. The highest BCUT2D eigenvalue weighted by Crippen LogP contribution is 2.34. The number of hydrogen-bond acceptors (Lipinski definition) is 5. The van der Waals surface area contributed by atoms with E-state index in [1.54, 1.807) is 12.4 Å². The van der Waals surface area contributed by atoms with E-state index in [2.05, 4.69) is 24.8 Å². The van der Waals surface area contributed by atoms with Crippen LogP contribution >= 0.6 is 11.6 Å². The van der Waals surface area contributed by atoms with Crippen molar-refractivity contribution < 1.29 is 5.11 Å². The summed E-state index contributed by atoms with van der Waals surface area (Å²) in [7, 11) is 0. The number of aromatic hydroxyl groups is 1. The highest BCUT2D eigenvalue weighted by atomic mass is 35.5. The molecule has 4 rings (SSSR count). The number of halogens is 1. The monoisotopic (exact) mass is 315 g/mol. The SMILES string of the molecule is Oc1nc(N2CCCC2)[nH]c1C=C1C=Nc2ncc(Cl)cc21. The van der Waals surface area contributed by atoms with Crippen LogP contribution in [0.3, 0.4) is 0 Å². The van der Waals surface area contributed by atoms with Crippen molar-refractivity contribution in [3.63, 3.8) is 0 Å². The van der Waals surface area contributed by atoms with Gasteiger partial charge in [0.25, 0.3) is 0 Å². The molecule has 7 heteroatoms. The van der Waals surface area contributed by atoms with E-state index in [1.165, 1.54) is 0 Å². The molecule has 0 unspecified atom stereocenters. The van der Waals surface area contributed by atoms with Crippen LogP contribution in [0.2, 0.25) is 5.02 Å². The van der Waals surface area contributed by atoms with Gasteiger partial charge in [-0.1, -0.05) is 11.6 Å². The van der Waals surface area contributed by atoms with Gasteiger partial charge in [0.15, 0.2) is 5.82 Å². The number of H-pyrrole nitrogens is 1. The normalized spacial score (nSPS) is 18.4. The Hall–Kier alpha value is -2.34. The first-order valence-corrected chi connectivity index (χ1v) is 7.54. The molecule has 0 amide bonds. The van der Waals surface area contributed by atoms with Crippen molar-refractivity contribution in [3.05, 3.63) is 28.5 Å². The van der Waals surface area contributed by atoms with Crippen LogP contribution in [0.4, 0.5) is 11.8 Å². The molecule has 0 aliphatic carbocycles. The predicted molar refractivity (Wildman–Crippen MR) is 87.0 cm³/mol. The molecule has 112 valence electrons. The molecule has 22 heavy (non-hydrogen) atoms. The van der Waals surface area contributed by atoms with E-state index in [1.807, 2.05) is 12.1 Å². The van der Waals surface area contributed by atoms with Gasteiger partial charge in [-0.25, -0.2) is 9.98 Å². The number of anilines is 1. The Morgan fingerprint density at radius 3 is 2.95 bits per heavy atom. The predicted octanol–water partition coefficient (Wildman–Crippen LogP) is 3.02. The Morgan fingerprint density at radius 2 is 2.14 bits per heavy atom. The Labute approximate surface area is 132 Å². The summed E-state index contributed by atoms with van der Waals surface area (Å²) in [5.74, 6) is 1.34. The first-order chi connectivity index (χ1) is 10.7. The van der Waals surface area contributed by atoms with Gasteiger partial charge in [-0.15, -0.1) is 0 Å². The lowest BCUT2D eigenvalue weighted by molar-refractivity contribution is 0.455. The molecular formula is C15H14ClN5O. The quantitative estimate of drug-likeness (QED) is 0.893. The van der Waals surface area contributed by atoms with Crippen molar-refractivity contribution in [2.75, 3.05) is 18.0 Å². The minimum atomic E-state index is -0.00811. The Kier molecular flexibility index (Phi) is 3.11. The highest BCUT2D eigenvalue weighted by molar-refractivity contribution is 6.31. The molecule has 0 bridgehead atoms. The topological polar surface area (TPSA) is 77.4 Å². The van der Waals surface area contributed by atoms with Crippen LogP contribution in [0.25, 0.3) is 11.6 Å². The lowest BCUT2D eigenvalue weighted by atomic mass is 10.1. The number of rotatable bonds is 2. The first kappa shape index (κ1) is 13.3. The van der Waals surface area contributed by atoms with Gasteiger partial charge in [0.2, 0.25) is 11.8 Å². The number of aromatic amines is 1. The molecule has 6 nitrogen and oxygen atoms in total. The van der Waals surface area contributed by atoms with E-state index < -0.39 is 0 Å². The van der Waals surface area contributed by atoms with Crippen molar-refractivity contribution in [2.24, 2.45) is 4.99 Å². The van der Waals surface area contributed by atoms with Gasteiger partial charge in [-0.2, -0.15) is 4.98 Å². The number of nitrogens with zero attached hydrogens (tertiary/aromatic N) is 4. The highest BCUT2D eigenvalue weighted by Gasteiger charge is 2.19. The maximum Gasteiger partial charge on any atom is 0.238 e. The van der Waals surface area contributed by atoms with Crippen LogP contribution in [0.1, 0.15) is 24.1 Å². The lowest BCUT2D eigenvalue weighted by Crippen LogP contribution is -2.18. The second kappa shape index (κ2) is 5.14. The standard InChI is InChI=1S/C15H14ClN5O/c16-10-6-11-9(7-17-13(11)18-8-10)5-12-14(22)20-15(19-12)21-3-1-2-4-21/h5-8,22H,1-4H2,(H,19,20). The molecule has 2 N–H and O–H groups in total. The van der Waals surface area contributed by atoms with Gasteiger partial charge < -0.3 is 15.0 Å². The number of pyridine rings is 1. The molecule has 1 saturated heterocycles. The summed E-state index contributed by atoms with van der Waals surface area (Å²) in [6.07, 6.45) is 7.41. The smallest absolute Gasteiger partial charge is 0.238 e. The van der Waals surface area contributed by atoms with Crippen molar-refractivity contribution in [3.8, 4) is 5.88 Å². The number of fused-ring (bicyclic) bond motifs is 1. The molecule has 2 aliphatic rings. The molecule has 2 aromatic heterocycles. The summed E-state index contributed by atoms with van der Waals surface area (Å²) in [5, 5.41) is 10.6. The maximum atomic E-state index is 10.1. The van der Waals surface area contributed by atoms with Gasteiger partial charge in [-0.3, -0.25) is 0 Å². The molecule has 0 saturated carbocycles. The second-order valence-electron chi connectivity index (χ2n) is 5.37. The van der Waals surface area contributed by atoms with Crippen molar-refractivity contribution in [2.45, 2.75) is 12.8 Å². The zero-order chi connectivity index (χ0) is 15.1. The van der Waals surface area contributed by atoms with Crippen LogP contribution in [0, 0.1) is 0 Å². The van der Waals surface area contributed by atoms with Gasteiger partial charge in [0.1, 0.15) is 5.69 Å². The Morgan fingerprint density at radius 1 is 1.32 bits per heavy atom. The molecular weight excluding hydrogens is 302 g/mol. The molecule has 2 aromatic rings. The fraction of sp³-hybridized carbons (Fsp3) is 0.267. The van der Waals surface area contributed by atoms with E-state index in [0.29, 0.717) is 22.5 Å². The summed E-state index contributed by atoms with van der Waals surface area (Å²) >= 11 is 5.99. The summed E-state index contributed by atoms with van der Waals surface area (Å²) in [6, 6.07) is 1.82. The average Bonchev–Trinajstić information content (AvgIpc) is 3.21. The number of aliphatic imine (C=N–C) groups is 1. The van der Waals surface area contributed by atoms with E-state index >= 15 is 0 Å². The van der Waals surface area contributed by atoms with Crippen molar-refractivity contribution in [1.29, 1.82) is 0 Å². The van der Waals surface area contributed by atoms with E-state index in [4.69, 9.17) is 11.6 Å². The second-order valence-corrected chi connectivity index (χ2v) is 5.81. The minimum absolute atomic E-state index is 0.00811. The largest absolute Gasteiger partial charge is 0.492 e. The van der Waals surface area contributed by atoms with Crippen LogP contribution in [0.5, 0.6) is 5.88 Å². The zero-order valence-corrected chi connectivity index (χ0v) is 12.5. The van der Waals surface area contributed by atoms with Gasteiger partial charge in [0, 0.05) is 36.6 Å². The third kappa shape index (κ3) is 2.25. The van der Waals surface area contributed by atoms with E-state index in [0.717, 1.165) is 37.1 Å². The van der Waals surface area contributed by atoms with E-state index in [9.17, 15) is 5.11 Å². The fourth-order valence-electron chi connectivity index (χ4n) is 2.76. The maximum absolute atomic E-state index is 10.1. The van der Waals surface area contributed by atoms with Crippen molar-refractivity contribution >= 4 is 41.2 Å². The molecule has 0 aromatic carbocycles. The van der Waals surface area contributed by atoms with Crippen LogP contribution in [-0.2, 0) is 0 Å². The van der Waals surface area contributed by atoms with Crippen LogP contribution in [-0.4, -0.2) is 39.4 Å². The van der Waals surface area contributed by atoms with E-state index in [-0.39, 0.29) is 5.88 Å². The summed E-state index contributed by atoms with van der Waals surface area (Å²) in [6.45, 7) is 1.93. The molecule has 0 atom stereocenters. The Balaban J connectivity index is 1.70. The molecule has 0 radical (unpaired) electrons. The number of hydrogen-bond donors (Lipinski definition) is 2. The van der Waals surface area contributed by atoms with Crippen molar-refractivity contribution in [1.82, 2.24) is 15.0 Å². The summed E-state index contributed by atoms with van der Waals surface area (Å²) in [4.78, 5) is 17.9. The molecule has 2 aliphatic heterocycles. The summed E-state index contributed by atoms with van der Waals surface area (Å²) in [5.41, 5.74) is 2.26. The van der Waals surface area contributed by atoms with Crippen LogP contribution < -0.4 is 4.90 Å². The summed E-state index contributed by atoms with van der Waals surface area (Å²) < 4.78 is 0.